The zero-order valence-corrected chi connectivity index (χ0v) is 21.0. The molecule has 0 spiro atoms. The fourth-order valence-electron chi connectivity index (χ4n) is 4.18. The number of halogens is 1. The van der Waals surface area contributed by atoms with Gasteiger partial charge >= 0.3 is 0 Å². The molecule has 4 aromatic rings. The lowest BCUT2D eigenvalue weighted by Crippen LogP contribution is -2.37. The van der Waals surface area contributed by atoms with Gasteiger partial charge in [-0.1, -0.05) is 29.8 Å². The van der Waals surface area contributed by atoms with Crippen molar-refractivity contribution in [1.82, 2.24) is 18.6 Å². The first-order valence-electron chi connectivity index (χ1n) is 11.0. The summed E-state index contributed by atoms with van der Waals surface area (Å²) in [5.41, 5.74) is 4.02. The molecule has 1 aliphatic heterocycles. The van der Waals surface area contributed by atoms with Crippen LogP contribution in [0.3, 0.4) is 0 Å². The number of rotatable bonds is 7. The molecule has 1 saturated heterocycles. The van der Waals surface area contributed by atoms with Crippen LogP contribution in [0, 0.1) is 0 Å². The van der Waals surface area contributed by atoms with Gasteiger partial charge in [-0.25, -0.2) is 4.98 Å². The molecule has 0 saturated carbocycles. The molecule has 0 aliphatic carbocycles. The topological polar surface area (TPSA) is 68.2 Å². The molecule has 1 aliphatic rings. The molecule has 1 fully saturated rings. The van der Waals surface area contributed by atoms with Crippen LogP contribution in [0.5, 0.6) is 0 Å². The van der Waals surface area contributed by atoms with Crippen molar-refractivity contribution in [3.05, 3.63) is 71.0 Å². The highest BCUT2D eigenvalue weighted by Gasteiger charge is 2.26. The second-order valence-electron chi connectivity index (χ2n) is 8.18. The van der Waals surface area contributed by atoms with Crippen molar-refractivity contribution in [3.63, 3.8) is 0 Å². The van der Waals surface area contributed by atoms with Crippen LogP contribution in [0.1, 0.15) is 28.9 Å². The first-order valence-corrected chi connectivity index (χ1v) is 13.4. The largest absolute Gasteiger partial charge is 0.376 e. The van der Waals surface area contributed by atoms with Gasteiger partial charge in [0.25, 0.3) is 5.91 Å². The molecule has 0 bridgehead atoms. The van der Waals surface area contributed by atoms with Crippen LogP contribution in [0.15, 0.2) is 59.6 Å². The first-order chi connectivity index (χ1) is 16.6. The molecule has 174 valence electrons. The van der Waals surface area contributed by atoms with Gasteiger partial charge in [0.05, 0.1) is 35.2 Å². The highest BCUT2D eigenvalue weighted by atomic mass is 35.5. The van der Waals surface area contributed by atoms with Gasteiger partial charge in [-0.15, -0.1) is 11.8 Å². The predicted octanol–water partition coefficient (Wildman–Crippen LogP) is 5.95. The Morgan fingerprint density at radius 2 is 2.09 bits per heavy atom. The Labute approximate surface area is 211 Å². The van der Waals surface area contributed by atoms with E-state index in [1.807, 2.05) is 29.2 Å². The number of amides is 1. The van der Waals surface area contributed by atoms with Gasteiger partial charge in [-0.2, -0.15) is 8.75 Å². The Hall–Kier alpha value is -2.52. The molecule has 1 atom stereocenters. The van der Waals surface area contributed by atoms with Crippen molar-refractivity contribution >= 4 is 51.9 Å². The lowest BCUT2D eigenvalue weighted by molar-refractivity contribution is 0.0504. The van der Waals surface area contributed by atoms with Crippen LogP contribution in [-0.4, -0.2) is 50.0 Å². The molecule has 0 radical (unpaired) electrons. The average molecular weight is 511 g/mol. The highest BCUT2D eigenvalue weighted by Crippen LogP contribution is 2.30. The molecule has 9 heteroatoms. The third-order valence-corrected chi connectivity index (χ3v) is 7.35. The molecule has 2 aromatic heterocycles. The minimum absolute atomic E-state index is 0.0204. The van der Waals surface area contributed by atoms with Crippen LogP contribution in [0.4, 0.5) is 0 Å². The van der Waals surface area contributed by atoms with E-state index in [2.05, 4.69) is 39.3 Å². The Kier molecular flexibility index (Phi) is 7.10. The molecule has 1 amide bonds. The highest BCUT2D eigenvalue weighted by molar-refractivity contribution is 7.98. The van der Waals surface area contributed by atoms with E-state index in [-0.39, 0.29) is 12.0 Å². The van der Waals surface area contributed by atoms with Crippen LogP contribution < -0.4 is 0 Å². The molecular weight excluding hydrogens is 488 g/mol. The van der Waals surface area contributed by atoms with Crippen LogP contribution in [-0.2, 0) is 11.3 Å². The SMILES string of the molecule is CSc1ccc2cc(CN(C[C@@H]3CCCO3)C(=O)c3cnsn3)c(-c3ccc(Cl)cc3)nc2c1. The molecule has 2 aromatic carbocycles. The van der Waals surface area contributed by atoms with Crippen molar-refractivity contribution in [2.45, 2.75) is 30.4 Å². The number of carbonyl (C=O) groups excluding carboxylic acids is 1. The summed E-state index contributed by atoms with van der Waals surface area (Å²) in [6, 6.07) is 16.1. The van der Waals surface area contributed by atoms with Crippen molar-refractivity contribution in [3.8, 4) is 11.3 Å². The minimum atomic E-state index is -0.149. The van der Waals surface area contributed by atoms with E-state index in [1.165, 1.54) is 6.20 Å². The number of benzene rings is 2. The first kappa shape index (κ1) is 23.2. The van der Waals surface area contributed by atoms with E-state index < -0.39 is 0 Å². The Morgan fingerprint density at radius 3 is 2.79 bits per heavy atom. The Morgan fingerprint density at radius 1 is 1.24 bits per heavy atom. The van der Waals surface area contributed by atoms with Gasteiger partial charge < -0.3 is 9.64 Å². The summed E-state index contributed by atoms with van der Waals surface area (Å²) in [6.45, 7) is 1.62. The number of ether oxygens (including phenoxy) is 1. The maximum absolute atomic E-state index is 13.4. The quantitative estimate of drug-likeness (QED) is 0.286. The van der Waals surface area contributed by atoms with Gasteiger partial charge in [0, 0.05) is 40.6 Å². The number of thioether (sulfide) groups is 1. The second kappa shape index (κ2) is 10.4. The molecule has 0 N–H and O–H groups in total. The minimum Gasteiger partial charge on any atom is -0.376 e. The van der Waals surface area contributed by atoms with E-state index in [1.54, 1.807) is 11.8 Å². The van der Waals surface area contributed by atoms with Gasteiger partial charge in [-0.05, 0) is 55.0 Å². The standard InChI is InChI=1S/C25H23ClN4O2S2/c1-33-21-9-6-17-11-18(24(28-22(17)12-21)16-4-7-19(26)8-5-16)14-30(15-20-3-2-10-32-20)25(31)23-13-27-34-29-23/h4-9,11-13,20H,2-3,10,14-15H2,1H3/t20-/m0/s1. The predicted molar refractivity (Wildman–Crippen MR) is 138 cm³/mol. The Bertz CT molecular complexity index is 1290. The average Bonchev–Trinajstić information content (AvgIpc) is 3.58. The van der Waals surface area contributed by atoms with E-state index in [0.717, 1.165) is 63.8 Å². The Balaban J connectivity index is 1.58. The van der Waals surface area contributed by atoms with Crippen molar-refractivity contribution < 1.29 is 9.53 Å². The maximum Gasteiger partial charge on any atom is 0.275 e. The molecule has 6 nitrogen and oxygen atoms in total. The summed E-state index contributed by atoms with van der Waals surface area (Å²) in [6.07, 6.45) is 5.55. The van der Waals surface area contributed by atoms with E-state index >= 15 is 0 Å². The molecule has 34 heavy (non-hydrogen) atoms. The van der Waals surface area contributed by atoms with Crippen LogP contribution >= 0.6 is 35.1 Å². The number of pyridine rings is 1. The third-order valence-electron chi connectivity index (χ3n) is 5.90. The van der Waals surface area contributed by atoms with Gasteiger partial charge in [0.1, 0.15) is 0 Å². The summed E-state index contributed by atoms with van der Waals surface area (Å²) >= 11 is 8.87. The third kappa shape index (κ3) is 5.10. The van der Waals surface area contributed by atoms with Crippen LogP contribution in [0.25, 0.3) is 22.2 Å². The van der Waals surface area contributed by atoms with Crippen molar-refractivity contribution in [1.29, 1.82) is 0 Å². The maximum atomic E-state index is 13.4. The monoisotopic (exact) mass is 510 g/mol. The summed E-state index contributed by atoms with van der Waals surface area (Å²) in [4.78, 5) is 21.4. The van der Waals surface area contributed by atoms with E-state index in [4.69, 9.17) is 21.3 Å². The van der Waals surface area contributed by atoms with Gasteiger partial charge in [0.2, 0.25) is 0 Å². The number of nitrogens with zero attached hydrogens (tertiary/aromatic N) is 4. The molecular formula is C25H23ClN4O2S2. The zero-order chi connectivity index (χ0) is 23.5. The number of carbonyl (C=O) groups is 1. The second-order valence-corrected chi connectivity index (χ2v) is 10.0. The fourth-order valence-corrected chi connectivity index (χ4v) is 5.14. The van der Waals surface area contributed by atoms with Crippen LogP contribution in [0.2, 0.25) is 5.02 Å². The molecule has 5 rings (SSSR count). The molecule has 3 heterocycles. The summed E-state index contributed by atoms with van der Waals surface area (Å²) < 4.78 is 14.1. The summed E-state index contributed by atoms with van der Waals surface area (Å²) in [5, 5.41) is 1.70. The summed E-state index contributed by atoms with van der Waals surface area (Å²) in [7, 11) is 0. The number of hydrogen-bond donors (Lipinski definition) is 0. The van der Waals surface area contributed by atoms with E-state index in [9.17, 15) is 4.79 Å². The number of aromatic nitrogens is 3. The van der Waals surface area contributed by atoms with Gasteiger partial charge in [-0.3, -0.25) is 4.79 Å². The van der Waals surface area contributed by atoms with E-state index in [0.29, 0.717) is 23.8 Å². The van der Waals surface area contributed by atoms with Gasteiger partial charge in [0.15, 0.2) is 5.69 Å². The fraction of sp³-hybridized carbons (Fsp3) is 0.280. The molecule has 0 unspecified atom stereocenters. The lowest BCUT2D eigenvalue weighted by Gasteiger charge is -2.26. The lowest BCUT2D eigenvalue weighted by atomic mass is 10.0. The zero-order valence-electron chi connectivity index (χ0n) is 18.6. The number of hydrogen-bond acceptors (Lipinski definition) is 7. The van der Waals surface area contributed by atoms with Crippen molar-refractivity contribution in [2.75, 3.05) is 19.4 Å². The normalized spacial score (nSPS) is 15.6. The van der Waals surface area contributed by atoms with Crippen molar-refractivity contribution in [2.24, 2.45) is 0 Å². The number of fused-ring (bicyclic) bond motifs is 1. The summed E-state index contributed by atoms with van der Waals surface area (Å²) in [5.74, 6) is -0.149. The smallest absolute Gasteiger partial charge is 0.275 e.